The van der Waals surface area contributed by atoms with Gasteiger partial charge in [0, 0.05) is 24.5 Å². The van der Waals surface area contributed by atoms with Gasteiger partial charge in [0.2, 0.25) is 0 Å². The molecule has 1 unspecified atom stereocenters. The van der Waals surface area contributed by atoms with Crippen LogP contribution in [0.4, 0.5) is 0 Å². The number of fused-ring (bicyclic) bond motifs is 1. The maximum Gasteiger partial charge on any atom is 0.326 e. The Kier molecular flexibility index (Phi) is 4.43. The molecule has 0 fully saturated rings. The number of ether oxygens (including phenoxy) is 3. The van der Waals surface area contributed by atoms with Crippen molar-refractivity contribution in [1.82, 2.24) is 0 Å². The van der Waals surface area contributed by atoms with Crippen LogP contribution < -0.4 is 8.92 Å². The Morgan fingerprint density at radius 1 is 1.32 bits per heavy atom. The van der Waals surface area contributed by atoms with E-state index in [0.29, 0.717) is 18.8 Å². The fourth-order valence-corrected chi connectivity index (χ4v) is 2.79. The number of hydrogen-bond donors (Lipinski definition) is 0. The van der Waals surface area contributed by atoms with Gasteiger partial charge in [0.15, 0.2) is 0 Å². The molecule has 124 valence electrons. The first-order valence-corrected chi connectivity index (χ1v) is 8.84. The van der Waals surface area contributed by atoms with Crippen molar-refractivity contribution in [3.05, 3.63) is 23.8 Å². The normalized spacial score (nSPS) is 24.0. The smallest absolute Gasteiger partial charge is 0.326 e. The van der Waals surface area contributed by atoms with Crippen molar-refractivity contribution >= 4 is 10.1 Å². The molecule has 2 rings (SSSR count). The van der Waals surface area contributed by atoms with Crippen molar-refractivity contribution in [2.24, 2.45) is 0 Å². The minimum atomic E-state index is -3.58. The Labute approximate surface area is 131 Å². The van der Waals surface area contributed by atoms with Crippen LogP contribution >= 0.6 is 0 Å². The summed E-state index contributed by atoms with van der Waals surface area (Å²) in [5.74, 6) is -0.298. The molecule has 1 aliphatic rings. The Hall–Kier alpha value is -1.31. The van der Waals surface area contributed by atoms with Crippen LogP contribution in [0.5, 0.6) is 11.5 Å². The summed E-state index contributed by atoms with van der Waals surface area (Å²) in [6.07, 6.45) is 1.52. The Bertz CT molecular complexity index is 646. The van der Waals surface area contributed by atoms with Gasteiger partial charge in [-0.1, -0.05) is 20.8 Å². The quantitative estimate of drug-likeness (QED) is 0.790. The van der Waals surface area contributed by atoms with Crippen molar-refractivity contribution in [1.29, 1.82) is 0 Å². The second kappa shape index (κ2) is 5.72. The van der Waals surface area contributed by atoms with Gasteiger partial charge < -0.3 is 18.4 Å². The average molecular weight is 330 g/mol. The molecule has 0 saturated heterocycles. The van der Waals surface area contributed by atoms with Gasteiger partial charge in [-0.15, -0.1) is 0 Å². The average Bonchev–Trinajstić information content (AvgIpc) is 2.53. The van der Waals surface area contributed by atoms with Crippen molar-refractivity contribution in [2.45, 2.75) is 38.6 Å². The molecule has 0 saturated carbocycles. The first kappa shape index (κ1) is 17.1. The van der Waals surface area contributed by atoms with Gasteiger partial charge in [0.1, 0.15) is 11.5 Å². The Morgan fingerprint density at radius 3 is 2.55 bits per heavy atom. The third kappa shape index (κ3) is 3.53. The SMILES string of the molecule is CCC1(OC)OCC(C)(C)c2cc(OS(C)(=O)=O)ccc2O1. The van der Waals surface area contributed by atoms with Crippen LogP contribution in [0, 0.1) is 0 Å². The molecule has 0 aliphatic carbocycles. The molecule has 0 radical (unpaired) electrons. The molecule has 1 atom stereocenters. The zero-order valence-corrected chi connectivity index (χ0v) is 14.3. The number of rotatable bonds is 4. The van der Waals surface area contributed by atoms with E-state index in [-0.39, 0.29) is 11.2 Å². The van der Waals surface area contributed by atoms with E-state index in [4.69, 9.17) is 18.4 Å². The van der Waals surface area contributed by atoms with Crippen LogP contribution in [-0.4, -0.2) is 34.4 Å². The molecular formula is C15H22O6S. The summed E-state index contributed by atoms with van der Waals surface area (Å²) in [6, 6.07) is 4.90. The number of hydrogen-bond acceptors (Lipinski definition) is 6. The van der Waals surface area contributed by atoms with Gasteiger partial charge in [-0.05, 0) is 18.2 Å². The summed E-state index contributed by atoms with van der Waals surface area (Å²) >= 11 is 0. The van der Waals surface area contributed by atoms with Crippen molar-refractivity contribution < 1.29 is 26.8 Å². The van der Waals surface area contributed by atoms with Gasteiger partial charge in [-0.2, -0.15) is 8.42 Å². The third-order valence-electron chi connectivity index (χ3n) is 3.59. The molecule has 0 amide bonds. The molecule has 6 nitrogen and oxygen atoms in total. The summed E-state index contributed by atoms with van der Waals surface area (Å²) in [4.78, 5) is 0. The maximum absolute atomic E-state index is 11.3. The summed E-state index contributed by atoms with van der Waals surface area (Å²) in [6.45, 7) is 6.24. The molecule has 1 aromatic rings. The number of benzene rings is 1. The zero-order chi connectivity index (χ0) is 16.6. The Morgan fingerprint density at radius 2 is 2.00 bits per heavy atom. The standard InChI is InChI=1S/C15H22O6S/c1-6-15(18-4)19-10-14(2,3)12-9-11(21-22(5,16)17)7-8-13(12)20-15/h7-9H,6,10H2,1-5H3. The maximum atomic E-state index is 11.3. The highest BCUT2D eigenvalue weighted by atomic mass is 32.2. The fourth-order valence-electron chi connectivity index (χ4n) is 2.34. The minimum Gasteiger partial charge on any atom is -0.439 e. The van der Waals surface area contributed by atoms with Crippen LogP contribution in [0.3, 0.4) is 0 Å². The van der Waals surface area contributed by atoms with Gasteiger partial charge >= 0.3 is 16.1 Å². The highest BCUT2D eigenvalue weighted by Gasteiger charge is 2.40. The second-order valence-corrected chi connectivity index (χ2v) is 7.54. The molecule has 1 heterocycles. The fraction of sp³-hybridized carbons (Fsp3) is 0.600. The van der Waals surface area contributed by atoms with E-state index >= 15 is 0 Å². The third-order valence-corrected chi connectivity index (χ3v) is 4.09. The van der Waals surface area contributed by atoms with Crippen molar-refractivity contribution in [3.8, 4) is 11.5 Å². The van der Waals surface area contributed by atoms with Crippen LogP contribution in [0.2, 0.25) is 0 Å². The molecule has 7 heteroatoms. The first-order valence-electron chi connectivity index (χ1n) is 7.03. The number of methoxy groups -OCH3 is 1. The second-order valence-electron chi connectivity index (χ2n) is 5.96. The predicted molar refractivity (Wildman–Crippen MR) is 81.6 cm³/mol. The molecule has 0 N–H and O–H groups in total. The van der Waals surface area contributed by atoms with Gasteiger partial charge in [-0.3, -0.25) is 0 Å². The topological polar surface area (TPSA) is 71.1 Å². The molecule has 0 spiro atoms. The molecular weight excluding hydrogens is 308 g/mol. The minimum absolute atomic E-state index is 0.249. The highest BCUT2D eigenvalue weighted by molar-refractivity contribution is 7.86. The first-order chi connectivity index (χ1) is 10.1. The van der Waals surface area contributed by atoms with E-state index in [1.54, 1.807) is 18.2 Å². The lowest BCUT2D eigenvalue weighted by Gasteiger charge is -2.30. The summed E-state index contributed by atoms with van der Waals surface area (Å²) < 4.78 is 44.7. The van der Waals surface area contributed by atoms with E-state index in [2.05, 4.69) is 0 Å². The lowest BCUT2D eigenvalue weighted by atomic mass is 9.85. The summed E-state index contributed by atoms with van der Waals surface area (Å²) in [5, 5.41) is 0. The molecule has 1 aromatic carbocycles. The molecule has 0 aromatic heterocycles. The van der Waals surface area contributed by atoms with E-state index in [0.717, 1.165) is 11.8 Å². The predicted octanol–water partition coefficient (Wildman–Crippen LogP) is 2.42. The van der Waals surface area contributed by atoms with E-state index in [1.807, 2.05) is 20.8 Å². The summed E-state index contributed by atoms with van der Waals surface area (Å²) in [5.41, 5.74) is 0.419. The van der Waals surface area contributed by atoms with E-state index in [9.17, 15) is 8.42 Å². The highest BCUT2D eigenvalue weighted by Crippen LogP contribution is 2.41. The zero-order valence-electron chi connectivity index (χ0n) is 13.5. The molecule has 0 bridgehead atoms. The lowest BCUT2D eigenvalue weighted by molar-refractivity contribution is -0.333. The summed E-state index contributed by atoms with van der Waals surface area (Å²) in [7, 11) is -2.05. The van der Waals surface area contributed by atoms with Crippen LogP contribution in [-0.2, 0) is 25.0 Å². The van der Waals surface area contributed by atoms with Crippen LogP contribution in [0.15, 0.2) is 18.2 Å². The van der Waals surface area contributed by atoms with Crippen molar-refractivity contribution in [3.63, 3.8) is 0 Å². The molecule has 1 aliphatic heterocycles. The van der Waals surface area contributed by atoms with E-state index in [1.165, 1.54) is 7.11 Å². The Balaban J connectivity index is 2.48. The van der Waals surface area contributed by atoms with Crippen LogP contribution in [0.1, 0.15) is 32.8 Å². The largest absolute Gasteiger partial charge is 0.439 e. The lowest BCUT2D eigenvalue weighted by Crippen LogP contribution is -2.41. The van der Waals surface area contributed by atoms with E-state index < -0.39 is 16.1 Å². The monoisotopic (exact) mass is 330 g/mol. The van der Waals surface area contributed by atoms with Gasteiger partial charge in [-0.25, -0.2) is 0 Å². The van der Waals surface area contributed by atoms with Gasteiger partial charge in [0.25, 0.3) is 0 Å². The van der Waals surface area contributed by atoms with Crippen molar-refractivity contribution in [2.75, 3.05) is 20.0 Å². The van der Waals surface area contributed by atoms with Crippen LogP contribution in [0.25, 0.3) is 0 Å². The van der Waals surface area contributed by atoms with Gasteiger partial charge in [0.05, 0.1) is 12.9 Å². The molecule has 22 heavy (non-hydrogen) atoms.